The van der Waals surface area contributed by atoms with Crippen LogP contribution in [0.15, 0.2) is 36.7 Å². The smallest absolute Gasteiger partial charge is 0.119 e. The Morgan fingerprint density at radius 1 is 1.33 bits per heavy atom. The number of nitrogens with zero attached hydrogens (tertiary/aromatic N) is 2. The standard InChI is InChI=1S/C16H23N3O2/c1-13-3-5-16(6-4-13)21-12-15(20)10-17-8-7-14-9-18-19(2)11-14/h3-6,9,11,15,17,20H,7-8,10,12H2,1-2H3. The first kappa shape index (κ1) is 15.5. The number of hydrogen-bond acceptors (Lipinski definition) is 4. The summed E-state index contributed by atoms with van der Waals surface area (Å²) in [5.41, 5.74) is 2.38. The van der Waals surface area contributed by atoms with E-state index < -0.39 is 6.10 Å². The van der Waals surface area contributed by atoms with Crippen LogP contribution in [-0.4, -0.2) is 40.7 Å². The topological polar surface area (TPSA) is 59.3 Å². The van der Waals surface area contributed by atoms with Crippen LogP contribution in [-0.2, 0) is 13.5 Å². The molecule has 5 nitrogen and oxygen atoms in total. The monoisotopic (exact) mass is 289 g/mol. The number of aryl methyl sites for hydroxylation is 2. The average molecular weight is 289 g/mol. The first-order chi connectivity index (χ1) is 10.1. The van der Waals surface area contributed by atoms with Crippen molar-refractivity contribution in [2.75, 3.05) is 19.7 Å². The third-order valence-corrected chi connectivity index (χ3v) is 3.19. The zero-order chi connectivity index (χ0) is 15.1. The van der Waals surface area contributed by atoms with Gasteiger partial charge in [0.1, 0.15) is 18.5 Å². The summed E-state index contributed by atoms with van der Waals surface area (Å²) in [5, 5.41) is 17.2. The van der Waals surface area contributed by atoms with E-state index in [1.165, 1.54) is 11.1 Å². The van der Waals surface area contributed by atoms with Crippen LogP contribution in [0.4, 0.5) is 0 Å². The highest BCUT2D eigenvalue weighted by Crippen LogP contribution is 2.11. The molecule has 0 aliphatic rings. The van der Waals surface area contributed by atoms with Gasteiger partial charge < -0.3 is 15.2 Å². The summed E-state index contributed by atoms with van der Waals surface area (Å²) in [5.74, 6) is 0.787. The summed E-state index contributed by atoms with van der Waals surface area (Å²) >= 11 is 0. The second-order valence-electron chi connectivity index (χ2n) is 5.25. The Morgan fingerprint density at radius 2 is 2.10 bits per heavy atom. The Kier molecular flexibility index (Phi) is 5.78. The highest BCUT2D eigenvalue weighted by atomic mass is 16.5. The largest absolute Gasteiger partial charge is 0.491 e. The normalized spacial score (nSPS) is 12.3. The van der Waals surface area contributed by atoms with Crippen molar-refractivity contribution < 1.29 is 9.84 Å². The van der Waals surface area contributed by atoms with Crippen LogP contribution in [0.3, 0.4) is 0 Å². The molecule has 0 radical (unpaired) electrons. The van der Waals surface area contributed by atoms with E-state index in [1.807, 2.05) is 50.6 Å². The van der Waals surface area contributed by atoms with Gasteiger partial charge in [-0.25, -0.2) is 0 Å². The van der Waals surface area contributed by atoms with Crippen molar-refractivity contribution in [1.82, 2.24) is 15.1 Å². The van der Waals surface area contributed by atoms with Gasteiger partial charge in [0.2, 0.25) is 0 Å². The fourth-order valence-electron chi connectivity index (χ4n) is 1.99. The predicted molar refractivity (Wildman–Crippen MR) is 82.5 cm³/mol. The number of aromatic nitrogens is 2. The Balaban J connectivity index is 1.59. The highest BCUT2D eigenvalue weighted by molar-refractivity contribution is 5.26. The van der Waals surface area contributed by atoms with Crippen molar-refractivity contribution in [3.63, 3.8) is 0 Å². The van der Waals surface area contributed by atoms with Crippen molar-refractivity contribution in [1.29, 1.82) is 0 Å². The van der Waals surface area contributed by atoms with Gasteiger partial charge in [-0.3, -0.25) is 4.68 Å². The van der Waals surface area contributed by atoms with Crippen molar-refractivity contribution in [3.05, 3.63) is 47.8 Å². The minimum atomic E-state index is -0.514. The fraction of sp³-hybridized carbons (Fsp3) is 0.438. The zero-order valence-electron chi connectivity index (χ0n) is 12.6. The van der Waals surface area contributed by atoms with Gasteiger partial charge in [0.15, 0.2) is 0 Å². The SMILES string of the molecule is Cc1ccc(OCC(O)CNCCc2cnn(C)c2)cc1. The van der Waals surface area contributed by atoms with E-state index in [4.69, 9.17) is 4.74 Å². The first-order valence-corrected chi connectivity index (χ1v) is 7.19. The summed E-state index contributed by atoms with van der Waals surface area (Å²) in [6.45, 7) is 3.66. The van der Waals surface area contributed by atoms with Crippen LogP contribution in [0, 0.1) is 6.92 Å². The van der Waals surface area contributed by atoms with Gasteiger partial charge in [0.25, 0.3) is 0 Å². The molecule has 2 N–H and O–H groups in total. The van der Waals surface area contributed by atoms with Gasteiger partial charge in [-0.05, 0) is 37.6 Å². The molecule has 1 aromatic carbocycles. The number of benzene rings is 1. The van der Waals surface area contributed by atoms with Crippen molar-refractivity contribution in [2.24, 2.45) is 7.05 Å². The number of aliphatic hydroxyl groups excluding tert-OH is 1. The summed E-state index contributed by atoms with van der Waals surface area (Å²) in [6.07, 6.45) is 4.25. The molecule has 114 valence electrons. The van der Waals surface area contributed by atoms with Crippen LogP contribution < -0.4 is 10.1 Å². The maximum absolute atomic E-state index is 9.86. The molecule has 1 atom stereocenters. The molecule has 0 aliphatic carbocycles. The summed E-state index contributed by atoms with van der Waals surface area (Å²) in [7, 11) is 1.91. The number of aliphatic hydroxyl groups is 1. The molecule has 1 heterocycles. The molecule has 0 aliphatic heterocycles. The van der Waals surface area contributed by atoms with Crippen molar-refractivity contribution in [3.8, 4) is 5.75 Å². The lowest BCUT2D eigenvalue weighted by Gasteiger charge is -2.13. The molecule has 0 saturated heterocycles. The fourth-order valence-corrected chi connectivity index (χ4v) is 1.99. The zero-order valence-corrected chi connectivity index (χ0v) is 12.6. The Morgan fingerprint density at radius 3 is 2.76 bits per heavy atom. The van der Waals surface area contributed by atoms with Gasteiger partial charge in [0, 0.05) is 19.8 Å². The predicted octanol–water partition coefficient (Wildman–Crippen LogP) is 1.30. The summed E-state index contributed by atoms with van der Waals surface area (Å²) < 4.78 is 7.33. The maximum atomic E-state index is 9.86. The Bertz CT molecular complexity index is 537. The molecule has 0 saturated carbocycles. The molecule has 21 heavy (non-hydrogen) atoms. The van der Waals surface area contributed by atoms with Gasteiger partial charge >= 0.3 is 0 Å². The van der Waals surface area contributed by atoms with Crippen molar-refractivity contribution >= 4 is 0 Å². The lowest BCUT2D eigenvalue weighted by Crippen LogP contribution is -2.32. The molecule has 1 unspecified atom stereocenters. The molecular weight excluding hydrogens is 266 g/mol. The van der Waals surface area contributed by atoms with Crippen LogP contribution in [0.5, 0.6) is 5.75 Å². The summed E-state index contributed by atoms with van der Waals surface area (Å²) in [6, 6.07) is 7.82. The average Bonchev–Trinajstić information content (AvgIpc) is 2.89. The summed E-state index contributed by atoms with van der Waals surface area (Å²) in [4.78, 5) is 0. The molecule has 2 rings (SSSR count). The number of nitrogens with one attached hydrogen (secondary N) is 1. The minimum Gasteiger partial charge on any atom is -0.491 e. The van der Waals surface area contributed by atoms with Gasteiger partial charge in [-0.2, -0.15) is 5.10 Å². The van der Waals surface area contributed by atoms with Crippen LogP contribution in [0.1, 0.15) is 11.1 Å². The third kappa shape index (κ3) is 5.57. The molecule has 5 heteroatoms. The van der Waals surface area contributed by atoms with E-state index in [0.717, 1.165) is 18.7 Å². The minimum absolute atomic E-state index is 0.295. The van der Waals surface area contributed by atoms with Gasteiger partial charge in [-0.1, -0.05) is 17.7 Å². The first-order valence-electron chi connectivity index (χ1n) is 7.19. The van der Waals surface area contributed by atoms with E-state index >= 15 is 0 Å². The van der Waals surface area contributed by atoms with Gasteiger partial charge in [0.05, 0.1) is 6.20 Å². The van der Waals surface area contributed by atoms with Crippen LogP contribution in [0.25, 0.3) is 0 Å². The Labute approximate surface area is 125 Å². The van der Waals surface area contributed by atoms with E-state index in [2.05, 4.69) is 10.4 Å². The lowest BCUT2D eigenvalue weighted by molar-refractivity contribution is 0.106. The van der Waals surface area contributed by atoms with E-state index in [0.29, 0.717) is 13.2 Å². The van der Waals surface area contributed by atoms with E-state index in [-0.39, 0.29) is 0 Å². The Hall–Kier alpha value is -1.85. The van der Waals surface area contributed by atoms with E-state index in [9.17, 15) is 5.11 Å². The second kappa shape index (κ2) is 7.81. The maximum Gasteiger partial charge on any atom is 0.119 e. The quantitative estimate of drug-likeness (QED) is 0.719. The second-order valence-corrected chi connectivity index (χ2v) is 5.25. The molecule has 1 aromatic heterocycles. The number of rotatable bonds is 8. The molecule has 0 bridgehead atoms. The van der Waals surface area contributed by atoms with Crippen LogP contribution >= 0.6 is 0 Å². The lowest BCUT2D eigenvalue weighted by atomic mass is 10.2. The molecule has 2 aromatic rings. The molecule has 0 fully saturated rings. The van der Waals surface area contributed by atoms with Crippen molar-refractivity contribution in [2.45, 2.75) is 19.4 Å². The van der Waals surface area contributed by atoms with Crippen LogP contribution in [0.2, 0.25) is 0 Å². The number of ether oxygens (including phenoxy) is 1. The molecule has 0 amide bonds. The third-order valence-electron chi connectivity index (χ3n) is 3.19. The molecular formula is C16H23N3O2. The van der Waals surface area contributed by atoms with E-state index in [1.54, 1.807) is 4.68 Å². The number of hydrogen-bond donors (Lipinski definition) is 2. The van der Waals surface area contributed by atoms with Gasteiger partial charge in [-0.15, -0.1) is 0 Å². The highest BCUT2D eigenvalue weighted by Gasteiger charge is 2.05. The molecule has 0 spiro atoms.